The Balaban J connectivity index is 1.66. The highest BCUT2D eigenvalue weighted by molar-refractivity contribution is 6.30. The van der Waals surface area contributed by atoms with Gasteiger partial charge in [-0.15, -0.1) is 0 Å². The van der Waals surface area contributed by atoms with Crippen molar-refractivity contribution in [2.24, 2.45) is 0 Å². The molecule has 2 aliphatic rings. The largest absolute Gasteiger partial charge is 0.410 e. The number of alkyl halides is 3. The van der Waals surface area contributed by atoms with E-state index in [2.05, 4.69) is 10.4 Å². The van der Waals surface area contributed by atoms with Gasteiger partial charge in [0.15, 0.2) is 11.7 Å². The first kappa shape index (κ1) is 21.0. The Bertz CT molecular complexity index is 912. The highest BCUT2D eigenvalue weighted by Gasteiger charge is 2.47. The zero-order valence-electron chi connectivity index (χ0n) is 16.6. The minimum Gasteiger partial charge on any atom is -0.363 e. The topological polar surface area (TPSA) is 50.2 Å². The molecule has 1 aromatic carbocycles. The predicted octanol–water partition coefficient (Wildman–Crippen LogP) is 5.60. The lowest BCUT2D eigenvalue weighted by atomic mass is 9.97. The number of nitrogens with one attached hydrogen (secondary N) is 1. The molecule has 1 fully saturated rings. The highest BCUT2D eigenvalue weighted by Crippen LogP contribution is 2.43. The summed E-state index contributed by atoms with van der Waals surface area (Å²) >= 11 is 5.91. The van der Waals surface area contributed by atoms with E-state index in [4.69, 9.17) is 11.6 Å². The van der Waals surface area contributed by atoms with Crippen LogP contribution in [0.3, 0.4) is 0 Å². The molecule has 0 aliphatic carbocycles. The van der Waals surface area contributed by atoms with Gasteiger partial charge >= 0.3 is 6.18 Å². The number of hydrogen-bond donors (Lipinski definition) is 1. The van der Waals surface area contributed by atoms with E-state index in [-0.39, 0.29) is 29.9 Å². The van der Waals surface area contributed by atoms with Gasteiger partial charge < -0.3 is 10.2 Å². The quantitative estimate of drug-likeness (QED) is 0.675. The zero-order chi connectivity index (χ0) is 21.5. The number of fused-ring (bicyclic) bond motifs is 1. The van der Waals surface area contributed by atoms with Crippen LogP contribution in [0.25, 0.3) is 0 Å². The van der Waals surface area contributed by atoms with Gasteiger partial charge in [-0.3, -0.25) is 4.79 Å². The number of amides is 1. The van der Waals surface area contributed by atoms with Crippen molar-refractivity contribution in [1.82, 2.24) is 14.7 Å². The predicted molar refractivity (Wildman–Crippen MR) is 109 cm³/mol. The average molecular weight is 441 g/mol. The lowest BCUT2D eigenvalue weighted by Gasteiger charge is -2.34. The van der Waals surface area contributed by atoms with Gasteiger partial charge in [0.2, 0.25) is 0 Å². The molecular weight excluding hydrogens is 417 g/mol. The number of piperidine rings is 1. The van der Waals surface area contributed by atoms with Crippen molar-refractivity contribution in [3.63, 3.8) is 0 Å². The minimum atomic E-state index is -4.48. The van der Waals surface area contributed by atoms with E-state index in [0.717, 1.165) is 30.4 Å². The number of carbonyl (C=O) groups excluding carboxylic acids is 1. The monoisotopic (exact) mass is 440 g/mol. The summed E-state index contributed by atoms with van der Waals surface area (Å²) in [5.74, 6) is -0.0915. The maximum absolute atomic E-state index is 13.8. The standard InChI is InChI=1S/C21H24ClF3N4O/c1-2-15-5-3-4-10-28(15)20(30)17-12-19-26-16(13-6-8-14(22)9-7-13)11-18(21(23,24)25)29(19)27-17/h6-9,12,15-16,18,26H,2-5,10-11H2,1H3/t15-,16+,18-/m0/s1. The summed E-state index contributed by atoms with van der Waals surface area (Å²) in [6, 6.07) is 5.93. The molecule has 1 saturated heterocycles. The van der Waals surface area contributed by atoms with Crippen LogP contribution in [0.5, 0.6) is 0 Å². The fourth-order valence-corrected chi connectivity index (χ4v) is 4.56. The molecule has 0 radical (unpaired) electrons. The maximum Gasteiger partial charge on any atom is 0.410 e. The Kier molecular flexibility index (Phi) is 5.70. The van der Waals surface area contributed by atoms with Crippen LogP contribution in [0.1, 0.15) is 67.2 Å². The van der Waals surface area contributed by atoms with Crippen LogP contribution in [0.4, 0.5) is 19.0 Å². The Hall–Kier alpha value is -2.22. The first-order chi connectivity index (χ1) is 14.3. The first-order valence-electron chi connectivity index (χ1n) is 10.3. The van der Waals surface area contributed by atoms with Gasteiger partial charge in [0.25, 0.3) is 5.91 Å². The van der Waals surface area contributed by atoms with Crippen LogP contribution in [0.15, 0.2) is 30.3 Å². The molecular formula is C21H24ClF3N4O. The van der Waals surface area contributed by atoms with Crippen LogP contribution >= 0.6 is 11.6 Å². The molecule has 1 aromatic heterocycles. The second kappa shape index (κ2) is 8.13. The molecule has 3 heterocycles. The van der Waals surface area contributed by atoms with Gasteiger partial charge in [-0.25, -0.2) is 4.68 Å². The lowest BCUT2D eigenvalue weighted by Crippen LogP contribution is -2.43. The maximum atomic E-state index is 13.8. The molecule has 1 amide bonds. The van der Waals surface area contributed by atoms with Gasteiger partial charge in [-0.05, 0) is 43.4 Å². The number of rotatable bonds is 3. The van der Waals surface area contributed by atoms with E-state index >= 15 is 0 Å². The van der Waals surface area contributed by atoms with Gasteiger partial charge in [-0.1, -0.05) is 30.7 Å². The third-order valence-electron chi connectivity index (χ3n) is 6.04. The Labute approximate surface area is 178 Å². The number of benzene rings is 1. The van der Waals surface area contributed by atoms with Crippen LogP contribution in [-0.4, -0.2) is 39.4 Å². The van der Waals surface area contributed by atoms with Crippen molar-refractivity contribution >= 4 is 23.3 Å². The SMILES string of the molecule is CC[C@H]1CCCCN1C(=O)c1cc2n(n1)[C@H](C(F)(F)F)C[C@H](c1ccc(Cl)cc1)N2. The van der Waals surface area contributed by atoms with Crippen molar-refractivity contribution in [3.8, 4) is 0 Å². The van der Waals surface area contributed by atoms with Gasteiger partial charge in [0, 0.05) is 30.1 Å². The fraction of sp³-hybridized carbons (Fsp3) is 0.524. The molecule has 4 rings (SSSR count). The summed E-state index contributed by atoms with van der Waals surface area (Å²) in [6.07, 6.45) is -1.00. The molecule has 0 saturated carbocycles. The fourth-order valence-electron chi connectivity index (χ4n) is 4.43. The normalized spacial score (nSPS) is 24.3. The molecule has 2 aliphatic heterocycles. The summed E-state index contributed by atoms with van der Waals surface area (Å²) < 4.78 is 42.5. The second-order valence-electron chi connectivity index (χ2n) is 7.96. The summed E-state index contributed by atoms with van der Waals surface area (Å²) in [5.41, 5.74) is 0.764. The number of likely N-dealkylation sites (tertiary alicyclic amines) is 1. The Morgan fingerprint density at radius 2 is 2.00 bits per heavy atom. The molecule has 30 heavy (non-hydrogen) atoms. The molecule has 2 aromatic rings. The van der Waals surface area contributed by atoms with Crippen LogP contribution in [0.2, 0.25) is 5.02 Å². The molecule has 0 unspecified atom stereocenters. The van der Waals surface area contributed by atoms with Crippen molar-refractivity contribution in [3.05, 3.63) is 46.6 Å². The van der Waals surface area contributed by atoms with E-state index in [9.17, 15) is 18.0 Å². The number of carbonyl (C=O) groups is 1. The smallest absolute Gasteiger partial charge is 0.363 e. The average Bonchev–Trinajstić information content (AvgIpc) is 3.16. The van der Waals surface area contributed by atoms with E-state index in [0.29, 0.717) is 17.1 Å². The highest BCUT2D eigenvalue weighted by atomic mass is 35.5. The van der Waals surface area contributed by atoms with Crippen molar-refractivity contribution < 1.29 is 18.0 Å². The summed E-state index contributed by atoms with van der Waals surface area (Å²) in [7, 11) is 0. The summed E-state index contributed by atoms with van der Waals surface area (Å²) in [6.45, 7) is 2.63. The number of halogens is 4. The van der Waals surface area contributed by atoms with Crippen molar-refractivity contribution in [2.45, 2.75) is 63.3 Å². The van der Waals surface area contributed by atoms with Gasteiger partial charge in [-0.2, -0.15) is 18.3 Å². The third-order valence-corrected chi connectivity index (χ3v) is 6.29. The van der Waals surface area contributed by atoms with E-state index in [1.165, 1.54) is 6.07 Å². The van der Waals surface area contributed by atoms with Crippen molar-refractivity contribution in [1.29, 1.82) is 0 Å². The summed E-state index contributed by atoms with van der Waals surface area (Å²) in [4.78, 5) is 14.8. The van der Waals surface area contributed by atoms with Gasteiger partial charge in [0.1, 0.15) is 5.82 Å². The first-order valence-corrected chi connectivity index (χ1v) is 10.6. The number of nitrogens with zero attached hydrogens (tertiary/aromatic N) is 3. The number of anilines is 1. The van der Waals surface area contributed by atoms with Crippen LogP contribution in [-0.2, 0) is 0 Å². The third kappa shape index (κ3) is 4.02. The molecule has 162 valence electrons. The molecule has 3 atom stereocenters. The van der Waals surface area contributed by atoms with E-state index < -0.39 is 18.3 Å². The zero-order valence-corrected chi connectivity index (χ0v) is 17.4. The molecule has 1 N–H and O–H groups in total. The van der Waals surface area contributed by atoms with E-state index in [1.54, 1.807) is 29.2 Å². The van der Waals surface area contributed by atoms with Crippen molar-refractivity contribution in [2.75, 3.05) is 11.9 Å². The van der Waals surface area contributed by atoms with Gasteiger partial charge in [0.05, 0.1) is 6.04 Å². The minimum absolute atomic E-state index is 0.0591. The van der Waals surface area contributed by atoms with Crippen LogP contribution in [0, 0.1) is 0 Å². The Morgan fingerprint density at radius 3 is 2.67 bits per heavy atom. The lowest BCUT2D eigenvalue weighted by molar-refractivity contribution is -0.173. The molecule has 0 spiro atoms. The second-order valence-corrected chi connectivity index (χ2v) is 8.39. The molecule has 5 nitrogen and oxygen atoms in total. The summed E-state index contributed by atoms with van der Waals surface area (Å²) in [5, 5.41) is 7.75. The Morgan fingerprint density at radius 1 is 1.27 bits per heavy atom. The van der Waals surface area contributed by atoms with Crippen LogP contribution < -0.4 is 5.32 Å². The molecule has 0 bridgehead atoms. The molecule has 9 heteroatoms. The van der Waals surface area contributed by atoms with E-state index in [1.807, 2.05) is 6.92 Å². The number of aromatic nitrogens is 2. The number of hydrogen-bond acceptors (Lipinski definition) is 3.